The van der Waals surface area contributed by atoms with E-state index in [4.69, 9.17) is 10.7 Å². The standard InChI is InChI=1S/C16H21N3O/c17-11-12-10-16(18-15-7-2-1-6-14(12)15)19(8-9-20)13-4-3-5-13/h1-2,6-7,10,13,20H,3-5,8-9,11,17H2. The van der Waals surface area contributed by atoms with Crippen LogP contribution in [0.2, 0.25) is 0 Å². The van der Waals surface area contributed by atoms with Gasteiger partial charge in [0.2, 0.25) is 0 Å². The smallest absolute Gasteiger partial charge is 0.129 e. The fourth-order valence-electron chi connectivity index (χ4n) is 2.84. The second kappa shape index (κ2) is 5.77. The lowest BCUT2D eigenvalue weighted by molar-refractivity contribution is 0.283. The Morgan fingerprint density at radius 1 is 1.30 bits per heavy atom. The van der Waals surface area contributed by atoms with Crippen molar-refractivity contribution in [1.29, 1.82) is 0 Å². The zero-order valence-electron chi connectivity index (χ0n) is 11.6. The van der Waals surface area contributed by atoms with Gasteiger partial charge in [-0.1, -0.05) is 18.2 Å². The number of hydrogen-bond acceptors (Lipinski definition) is 4. The first kappa shape index (κ1) is 13.3. The summed E-state index contributed by atoms with van der Waals surface area (Å²) in [6.45, 7) is 1.30. The molecule has 0 radical (unpaired) electrons. The molecule has 4 nitrogen and oxygen atoms in total. The van der Waals surface area contributed by atoms with Crippen molar-refractivity contribution in [2.24, 2.45) is 5.73 Å². The third kappa shape index (κ3) is 2.37. The fraction of sp³-hybridized carbons (Fsp3) is 0.438. The van der Waals surface area contributed by atoms with E-state index in [2.05, 4.69) is 17.0 Å². The van der Waals surface area contributed by atoms with Crippen LogP contribution in [0.25, 0.3) is 10.9 Å². The number of para-hydroxylation sites is 1. The molecule has 1 fully saturated rings. The van der Waals surface area contributed by atoms with E-state index in [1.807, 2.05) is 18.2 Å². The molecule has 1 heterocycles. The summed E-state index contributed by atoms with van der Waals surface area (Å²) in [5.41, 5.74) is 7.98. The van der Waals surface area contributed by atoms with Crippen LogP contribution in [0, 0.1) is 0 Å². The number of aliphatic hydroxyl groups is 1. The van der Waals surface area contributed by atoms with E-state index in [-0.39, 0.29) is 6.61 Å². The molecule has 106 valence electrons. The molecule has 0 spiro atoms. The van der Waals surface area contributed by atoms with Crippen LogP contribution in [0.1, 0.15) is 24.8 Å². The maximum Gasteiger partial charge on any atom is 0.129 e. The van der Waals surface area contributed by atoms with Crippen LogP contribution in [-0.4, -0.2) is 29.3 Å². The molecule has 1 aromatic carbocycles. The van der Waals surface area contributed by atoms with E-state index < -0.39 is 0 Å². The van der Waals surface area contributed by atoms with Crippen LogP contribution >= 0.6 is 0 Å². The van der Waals surface area contributed by atoms with Gasteiger partial charge in [-0.25, -0.2) is 4.98 Å². The first-order valence-electron chi connectivity index (χ1n) is 7.29. The van der Waals surface area contributed by atoms with Crippen molar-refractivity contribution < 1.29 is 5.11 Å². The quantitative estimate of drug-likeness (QED) is 0.873. The number of hydrogen-bond donors (Lipinski definition) is 2. The van der Waals surface area contributed by atoms with Gasteiger partial charge in [0, 0.05) is 24.5 Å². The Morgan fingerprint density at radius 2 is 2.10 bits per heavy atom. The van der Waals surface area contributed by atoms with Crippen LogP contribution in [0.4, 0.5) is 5.82 Å². The molecule has 20 heavy (non-hydrogen) atoms. The van der Waals surface area contributed by atoms with Gasteiger partial charge >= 0.3 is 0 Å². The van der Waals surface area contributed by atoms with Gasteiger partial charge in [-0.15, -0.1) is 0 Å². The molecule has 0 saturated heterocycles. The van der Waals surface area contributed by atoms with Crippen molar-refractivity contribution in [2.45, 2.75) is 31.8 Å². The number of rotatable bonds is 5. The third-order valence-electron chi connectivity index (χ3n) is 4.16. The van der Waals surface area contributed by atoms with E-state index in [9.17, 15) is 5.11 Å². The molecule has 2 aromatic rings. The largest absolute Gasteiger partial charge is 0.395 e. The maximum absolute atomic E-state index is 9.31. The molecule has 0 amide bonds. The maximum atomic E-state index is 9.31. The summed E-state index contributed by atoms with van der Waals surface area (Å²) in [5.74, 6) is 0.947. The second-order valence-electron chi connectivity index (χ2n) is 5.36. The molecular weight excluding hydrogens is 250 g/mol. The summed E-state index contributed by atoms with van der Waals surface area (Å²) in [6.07, 6.45) is 3.64. The topological polar surface area (TPSA) is 62.4 Å². The summed E-state index contributed by atoms with van der Waals surface area (Å²) >= 11 is 0. The van der Waals surface area contributed by atoms with Gasteiger partial charge < -0.3 is 15.7 Å². The van der Waals surface area contributed by atoms with Gasteiger partial charge in [-0.3, -0.25) is 0 Å². The molecule has 1 aliphatic carbocycles. The average molecular weight is 271 g/mol. The lowest BCUT2D eigenvalue weighted by atomic mass is 9.91. The Morgan fingerprint density at radius 3 is 2.75 bits per heavy atom. The summed E-state index contributed by atoms with van der Waals surface area (Å²) in [6, 6.07) is 10.7. The molecule has 1 aliphatic rings. The lowest BCUT2D eigenvalue weighted by Crippen LogP contribution is -2.42. The van der Waals surface area contributed by atoms with Crippen LogP contribution in [0.15, 0.2) is 30.3 Å². The van der Waals surface area contributed by atoms with E-state index in [0.717, 1.165) is 22.3 Å². The van der Waals surface area contributed by atoms with E-state index in [0.29, 0.717) is 19.1 Å². The minimum atomic E-state index is 0.156. The molecule has 1 aromatic heterocycles. The highest BCUT2D eigenvalue weighted by atomic mass is 16.3. The van der Waals surface area contributed by atoms with Crippen molar-refractivity contribution in [1.82, 2.24) is 4.98 Å². The van der Waals surface area contributed by atoms with Crippen LogP contribution in [0.5, 0.6) is 0 Å². The molecule has 1 saturated carbocycles. The Bertz CT molecular complexity index is 595. The van der Waals surface area contributed by atoms with E-state index in [1.165, 1.54) is 19.3 Å². The summed E-state index contributed by atoms with van der Waals surface area (Å²) < 4.78 is 0. The number of nitrogens with zero attached hydrogens (tertiary/aromatic N) is 2. The number of nitrogens with two attached hydrogens (primary N) is 1. The first-order chi connectivity index (χ1) is 9.83. The average Bonchev–Trinajstić information content (AvgIpc) is 2.43. The fourth-order valence-corrected chi connectivity index (χ4v) is 2.84. The minimum Gasteiger partial charge on any atom is -0.395 e. The van der Waals surface area contributed by atoms with Crippen LogP contribution < -0.4 is 10.6 Å². The summed E-state index contributed by atoms with van der Waals surface area (Å²) in [4.78, 5) is 7.00. The third-order valence-corrected chi connectivity index (χ3v) is 4.16. The number of aliphatic hydroxyl groups excluding tert-OH is 1. The van der Waals surface area contributed by atoms with E-state index >= 15 is 0 Å². The molecule has 3 rings (SSSR count). The SMILES string of the molecule is NCc1cc(N(CCO)C2CCC2)nc2ccccc12. The molecular formula is C16H21N3O. The van der Waals surface area contributed by atoms with Gasteiger partial charge in [-0.2, -0.15) is 0 Å². The van der Waals surface area contributed by atoms with E-state index in [1.54, 1.807) is 0 Å². The summed E-state index contributed by atoms with van der Waals surface area (Å²) in [7, 11) is 0. The number of pyridine rings is 1. The number of aromatic nitrogens is 1. The number of anilines is 1. The highest BCUT2D eigenvalue weighted by Gasteiger charge is 2.26. The monoisotopic (exact) mass is 271 g/mol. The van der Waals surface area contributed by atoms with Crippen molar-refractivity contribution in [3.05, 3.63) is 35.9 Å². The highest BCUT2D eigenvalue weighted by molar-refractivity contribution is 5.84. The van der Waals surface area contributed by atoms with Gasteiger partial charge in [-0.05, 0) is 37.0 Å². The first-order valence-corrected chi connectivity index (χ1v) is 7.29. The minimum absolute atomic E-state index is 0.156. The molecule has 4 heteroatoms. The van der Waals surface area contributed by atoms with Gasteiger partial charge in [0.15, 0.2) is 0 Å². The normalized spacial score (nSPS) is 15.3. The van der Waals surface area contributed by atoms with Crippen molar-refractivity contribution in [3.63, 3.8) is 0 Å². The zero-order valence-corrected chi connectivity index (χ0v) is 11.6. The molecule has 0 aliphatic heterocycles. The lowest BCUT2D eigenvalue weighted by Gasteiger charge is -2.38. The zero-order chi connectivity index (χ0) is 13.9. The Balaban J connectivity index is 2.04. The molecule has 0 unspecified atom stereocenters. The molecule has 0 bridgehead atoms. The van der Waals surface area contributed by atoms with Crippen molar-refractivity contribution >= 4 is 16.7 Å². The Labute approximate surface area is 119 Å². The molecule has 3 N–H and O–H groups in total. The number of fused-ring (bicyclic) bond motifs is 1. The van der Waals surface area contributed by atoms with Gasteiger partial charge in [0.25, 0.3) is 0 Å². The van der Waals surface area contributed by atoms with Gasteiger partial charge in [0.05, 0.1) is 12.1 Å². The van der Waals surface area contributed by atoms with Crippen molar-refractivity contribution in [2.75, 3.05) is 18.1 Å². The predicted molar refractivity (Wildman–Crippen MR) is 81.7 cm³/mol. The Hall–Kier alpha value is -1.65. The van der Waals surface area contributed by atoms with Crippen LogP contribution in [0.3, 0.4) is 0 Å². The van der Waals surface area contributed by atoms with Gasteiger partial charge in [0.1, 0.15) is 5.82 Å². The second-order valence-corrected chi connectivity index (χ2v) is 5.36. The molecule has 0 atom stereocenters. The van der Waals surface area contributed by atoms with Crippen molar-refractivity contribution in [3.8, 4) is 0 Å². The number of benzene rings is 1. The highest BCUT2D eigenvalue weighted by Crippen LogP contribution is 2.30. The predicted octanol–water partition coefficient (Wildman–Crippen LogP) is 2.04. The Kier molecular flexibility index (Phi) is 3.85. The van der Waals surface area contributed by atoms with Crippen LogP contribution in [-0.2, 0) is 6.54 Å². The summed E-state index contributed by atoms with van der Waals surface area (Å²) in [5, 5.41) is 10.4.